The molecular formula is C21H19N7O. The third-order valence-corrected chi connectivity index (χ3v) is 4.70. The molecule has 2 aromatic carbocycles. The van der Waals surface area contributed by atoms with Crippen LogP contribution in [0.15, 0.2) is 54.7 Å². The molecule has 0 N–H and O–H groups in total. The molecule has 8 nitrogen and oxygen atoms in total. The Hall–Kier alpha value is -3.81. The number of ether oxygens (including phenoxy) is 1. The predicted molar refractivity (Wildman–Crippen MR) is 107 cm³/mol. The fourth-order valence-electron chi connectivity index (χ4n) is 3.27. The summed E-state index contributed by atoms with van der Waals surface area (Å²) >= 11 is 0. The Balaban J connectivity index is 1.30. The second-order valence-electron chi connectivity index (χ2n) is 7.04. The Bertz CT molecular complexity index is 1180. The molecule has 0 bridgehead atoms. The summed E-state index contributed by atoms with van der Waals surface area (Å²) in [7, 11) is 0. The molecule has 0 atom stereocenters. The summed E-state index contributed by atoms with van der Waals surface area (Å²) in [5.74, 6) is 1.44. The Kier molecular flexibility index (Phi) is 4.36. The highest BCUT2D eigenvalue weighted by atomic mass is 16.5. The van der Waals surface area contributed by atoms with Gasteiger partial charge in [-0.3, -0.25) is 0 Å². The highest BCUT2D eigenvalue weighted by Gasteiger charge is 2.17. The van der Waals surface area contributed by atoms with Crippen LogP contribution in [0.5, 0.6) is 5.75 Å². The van der Waals surface area contributed by atoms with Crippen molar-refractivity contribution in [2.24, 2.45) is 0 Å². The normalized spacial score (nSPS) is 12.9. The van der Waals surface area contributed by atoms with Gasteiger partial charge in [0.25, 0.3) is 0 Å². The molecular weight excluding hydrogens is 366 g/mol. The van der Waals surface area contributed by atoms with Crippen LogP contribution >= 0.6 is 0 Å². The SMILES string of the molecule is Cc1ccc2c(c1)C=C(c1nnn(Cc3cn(Cc4ccccc4)nn3)n1)CO2. The third kappa shape index (κ3) is 3.77. The number of tetrazole rings is 1. The number of aryl methyl sites for hydroxylation is 1. The zero-order valence-electron chi connectivity index (χ0n) is 15.9. The Morgan fingerprint density at radius 2 is 1.90 bits per heavy atom. The summed E-state index contributed by atoms with van der Waals surface area (Å²) < 4.78 is 7.63. The van der Waals surface area contributed by atoms with E-state index in [1.165, 1.54) is 15.9 Å². The first-order valence-corrected chi connectivity index (χ1v) is 9.38. The van der Waals surface area contributed by atoms with E-state index in [0.717, 1.165) is 22.6 Å². The molecule has 0 saturated heterocycles. The van der Waals surface area contributed by atoms with Gasteiger partial charge in [-0.15, -0.1) is 15.3 Å². The van der Waals surface area contributed by atoms with Crippen molar-refractivity contribution in [2.45, 2.75) is 20.0 Å². The molecule has 0 spiro atoms. The van der Waals surface area contributed by atoms with Gasteiger partial charge in [-0.05, 0) is 35.9 Å². The fourth-order valence-corrected chi connectivity index (χ4v) is 3.27. The van der Waals surface area contributed by atoms with Crippen LogP contribution in [0.25, 0.3) is 11.6 Å². The molecule has 4 aromatic rings. The molecule has 3 heterocycles. The van der Waals surface area contributed by atoms with E-state index >= 15 is 0 Å². The topological polar surface area (TPSA) is 83.5 Å². The van der Waals surface area contributed by atoms with Crippen molar-refractivity contribution < 1.29 is 4.74 Å². The molecule has 29 heavy (non-hydrogen) atoms. The van der Waals surface area contributed by atoms with Crippen LogP contribution in [0.1, 0.15) is 28.2 Å². The minimum Gasteiger partial charge on any atom is -0.488 e. The van der Waals surface area contributed by atoms with Crippen LogP contribution in [0.4, 0.5) is 0 Å². The lowest BCUT2D eigenvalue weighted by Gasteiger charge is -2.16. The van der Waals surface area contributed by atoms with Gasteiger partial charge in [0.05, 0.1) is 12.7 Å². The van der Waals surface area contributed by atoms with Crippen molar-refractivity contribution in [3.63, 3.8) is 0 Å². The number of fused-ring (bicyclic) bond motifs is 1. The lowest BCUT2D eigenvalue weighted by Crippen LogP contribution is -2.09. The van der Waals surface area contributed by atoms with Crippen LogP contribution < -0.4 is 4.74 Å². The minimum atomic E-state index is 0.408. The molecule has 2 aromatic heterocycles. The maximum Gasteiger partial charge on any atom is 0.204 e. The van der Waals surface area contributed by atoms with E-state index in [1.807, 2.05) is 36.5 Å². The third-order valence-electron chi connectivity index (χ3n) is 4.70. The quantitative estimate of drug-likeness (QED) is 0.525. The highest BCUT2D eigenvalue weighted by Crippen LogP contribution is 2.29. The van der Waals surface area contributed by atoms with Gasteiger partial charge in [-0.25, -0.2) is 4.68 Å². The van der Waals surface area contributed by atoms with Gasteiger partial charge in [-0.1, -0.05) is 47.2 Å². The van der Waals surface area contributed by atoms with E-state index < -0.39 is 0 Å². The smallest absolute Gasteiger partial charge is 0.204 e. The summed E-state index contributed by atoms with van der Waals surface area (Å²) in [6.45, 7) is 3.56. The van der Waals surface area contributed by atoms with Gasteiger partial charge in [0.2, 0.25) is 5.82 Å². The first kappa shape index (κ1) is 17.3. The van der Waals surface area contributed by atoms with Crippen LogP contribution in [-0.4, -0.2) is 41.8 Å². The van der Waals surface area contributed by atoms with Crippen molar-refractivity contribution in [1.29, 1.82) is 0 Å². The fraction of sp³-hybridized carbons (Fsp3) is 0.190. The molecule has 0 unspecified atom stereocenters. The molecule has 1 aliphatic rings. The summed E-state index contributed by atoms with van der Waals surface area (Å²) in [5, 5.41) is 21.2. The Morgan fingerprint density at radius 3 is 2.79 bits per heavy atom. The van der Waals surface area contributed by atoms with Crippen LogP contribution in [0, 0.1) is 6.92 Å². The average molecular weight is 385 g/mol. The molecule has 8 heteroatoms. The standard InChI is InChI=1S/C21H19N7O/c1-15-7-8-20-17(9-15)10-18(14-29-20)21-23-26-28(24-21)13-19-12-27(25-22-19)11-16-5-3-2-4-6-16/h2-10,12H,11,13-14H2,1H3. The van der Waals surface area contributed by atoms with E-state index in [2.05, 4.69) is 56.9 Å². The van der Waals surface area contributed by atoms with Gasteiger partial charge in [-0.2, -0.15) is 4.80 Å². The number of hydrogen-bond donors (Lipinski definition) is 0. The van der Waals surface area contributed by atoms with Crippen molar-refractivity contribution in [2.75, 3.05) is 6.61 Å². The van der Waals surface area contributed by atoms with Crippen LogP contribution in [-0.2, 0) is 13.1 Å². The number of nitrogens with zero attached hydrogens (tertiary/aromatic N) is 7. The summed E-state index contributed by atoms with van der Waals surface area (Å²) in [6.07, 6.45) is 3.96. The van der Waals surface area contributed by atoms with Crippen molar-refractivity contribution >= 4 is 11.6 Å². The second-order valence-corrected chi connectivity index (χ2v) is 7.04. The Labute approximate surface area is 167 Å². The molecule has 0 radical (unpaired) electrons. The highest BCUT2D eigenvalue weighted by molar-refractivity contribution is 5.83. The van der Waals surface area contributed by atoms with E-state index in [9.17, 15) is 0 Å². The monoisotopic (exact) mass is 385 g/mol. The second kappa shape index (κ2) is 7.31. The lowest BCUT2D eigenvalue weighted by molar-refractivity contribution is 0.365. The lowest BCUT2D eigenvalue weighted by atomic mass is 10.0. The molecule has 5 rings (SSSR count). The maximum absolute atomic E-state index is 5.82. The van der Waals surface area contributed by atoms with Gasteiger partial charge < -0.3 is 4.74 Å². The zero-order chi connectivity index (χ0) is 19.6. The predicted octanol–water partition coefficient (Wildman–Crippen LogP) is 2.60. The number of benzene rings is 2. The summed E-state index contributed by atoms with van der Waals surface area (Å²) in [4.78, 5) is 1.53. The van der Waals surface area contributed by atoms with Gasteiger partial charge in [0.15, 0.2) is 0 Å². The van der Waals surface area contributed by atoms with Crippen molar-refractivity contribution in [3.05, 3.63) is 82.9 Å². The number of aromatic nitrogens is 7. The number of hydrogen-bond acceptors (Lipinski definition) is 6. The molecule has 144 valence electrons. The average Bonchev–Trinajstić information content (AvgIpc) is 3.38. The molecule has 0 saturated carbocycles. The maximum atomic E-state index is 5.82. The van der Waals surface area contributed by atoms with Crippen molar-refractivity contribution in [3.8, 4) is 5.75 Å². The molecule has 0 fully saturated rings. The van der Waals surface area contributed by atoms with E-state index in [0.29, 0.717) is 25.5 Å². The van der Waals surface area contributed by atoms with Gasteiger partial charge in [0, 0.05) is 11.1 Å². The van der Waals surface area contributed by atoms with Crippen LogP contribution in [0.2, 0.25) is 0 Å². The zero-order valence-corrected chi connectivity index (χ0v) is 15.9. The Morgan fingerprint density at radius 1 is 1.00 bits per heavy atom. The first-order chi connectivity index (χ1) is 14.2. The summed E-state index contributed by atoms with van der Waals surface area (Å²) in [5.41, 5.74) is 5.07. The first-order valence-electron chi connectivity index (χ1n) is 9.38. The molecule has 0 amide bonds. The molecule has 0 aliphatic carbocycles. The van der Waals surface area contributed by atoms with E-state index in [-0.39, 0.29) is 0 Å². The summed E-state index contributed by atoms with van der Waals surface area (Å²) in [6, 6.07) is 16.3. The largest absolute Gasteiger partial charge is 0.488 e. The number of rotatable bonds is 5. The van der Waals surface area contributed by atoms with Crippen molar-refractivity contribution in [1.82, 2.24) is 35.2 Å². The van der Waals surface area contributed by atoms with Crippen LogP contribution in [0.3, 0.4) is 0 Å². The van der Waals surface area contributed by atoms with E-state index in [4.69, 9.17) is 4.74 Å². The minimum absolute atomic E-state index is 0.408. The van der Waals surface area contributed by atoms with Gasteiger partial charge >= 0.3 is 0 Å². The van der Waals surface area contributed by atoms with E-state index in [1.54, 1.807) is 4.68 Å². The van der Waals surface area contributed by atoms with Gasteiger partial charge in [0.1, 0.15) is 24.6 Å². The molecule has 1 aliphatic heterocycles.